The molecule has 4 aromatic rings. The monoisotopic (exact) mass is 498 g/mol. The fourth-order valence-electron chi connectivity index (χ4n) is 2.92. The summed E-state index contributed by atoms with van der Waals surface area (Å²) in [6, 6.07) is 7.88. The first-order chi connectivity index (χ1) is 16.1. The van der Waals surface area contributed by atoms with Crippen LogP contribution in [0.4, 0.5) is 11.4 Å². The smallest absolute Gasteiger partial charge is 0.271 e. The molecule has 168 valence electrons. The summed E-state index contributed by atoms with van der Waals surface area (Å²) in [7, 11) is 0. The van der Waals surface area contributed by atoms with Crippen LogP contribution in [0.1, 0.15) is 11.1 Å². The largest absolute Gasteiger partial charge is 0.358 e. The fraction of sp³-hybridized carbons (Fsp3) is 0. The minimum absolute atomic E-state index is 0.0308. The summed E-state index contributed by atoms with van der Waals surface area (Å²) in [4.78, 5) is 48.8. The molecule has 0 aliphatic carbocycles. The number of fused-ring (bicyclic) bond motifs is 2. The zero-order valence-electron chi connectivity index (χ0n) is 16.5. The van der Waals surface area contributed by atoms with Gasteiger partial charge in [0.05, 0.1) is 41.7 Å². The Labute approximate surface area is 197 Å². The number of nitrogens with zero attached hydrogens (tertiary/aromatic N) is 4. The van der Waals surface area contributed by atoms with Gasteiger partial charge < -0.3 is 9.97 Å². The van der Waals surface area contributed by atoms with Crippen molar-refractivity contribution in [2.45, 2.75) is 0 Å². The third-order valence-electron chi connectivity index (χ3n) is 4.51. The van der Waals surface area contributed by atoms with E-state index >= 15 is 0 Å². The van der Waals surface area contributed by atoms with Gasteiger partial charge in [0.2, 0.25) is 10.9 Å². The van der Waals surface area contributed by atoms with Crippen LogP contribution in [0.25, 0.3) is 21.8 Å². The minimum Gasteiger partial charge on any atom is -0.358 e. The van der Waals surface area contributed by atoms with E-state index in [-0.39, 0.29) is 54.4 Å². The van der Waals surface area contributed by atoms with Crippen LogP contribution in [-0.4, -0.2) is 19.8 Å². The highest BCUT2D eigenvalue weighted by Crippen LogP contribution is 2.26. The molecule has 2 aromatic heterocycles. The Morgan fingerprint density at radius 3 is 1.38 bits per heavy atom. The second-order valence-electron chi connectivity index (χ2n) is 6.50. The van der Waals surface area contributed by atoms with Gasteiger partial charge in [0.1, 0.15) is 23.3 Å². The number of nitrogens with one attached hydrogen (secondary N) is 2. The number of nitriles is 2. The molecule has 2 aromatic carbocycles. The molecule has 0 aliphatic rings. The lowest BCUT2D eigenvalue weighted by molar-refractivity contribution is -0.384. The van der Waals surface area contributed by atoms with Gasteiger partial charge in [0.25, 0.3) is 11.4 Å². The Balaban J connectivity index is 0.000000191. The molecule has 12 nitrogen and oxygen atoms in total. The van der Waals surface area contributed by atoms with E-state index in [1.54, 1.807) is 12.1 Å². The number of aromatic nitrogens is 2. The van der Waals surface area contributed by atoms with Gasteiger partial charge in [-0.2, -0.15) is 10.5 Å². The molecule has 4 rings (SSSR count). The van der Waals surface area contributed by atoms with Crippen molar-refractivity contribution in [2.75, 3.05) is 0 Å². The van der Waals surface area contributed by atoms with Crippen LogP contribution >= 0.6 is 23.2 Å². The summed E-state index contributed by atoms with van der Waals surface area (Å²) in [5.41, 5.74) is -1.41. The molecule has 0 amide bonds. The maximum absolute atomic E-state index is 11.8. The van der Waals surface area contributed by atoms with E-state index in [9.17, 15) is 29.8 Å². The number of nitro groups is 2. The fourth-order valence-corrected chi connectivity index (χ4v) is 3.46. The Morgan fingerprint density at radius 2 is 1.09 bits per heavy atom. The molecule has 0 atom stereocenters. The van der Waals surface area contributed by atoms with Gasteiger partial charge in [-0.3, -0.25) is 29.8 Å². The quantitative estimate of drug-likeness (QED) is 0.305. The van der Waals surface area contributed by atoms with E-state index in [1.807, 2.05) is 0 Å². The summed E-state index contributed by atoms with van der Waals surface area (Å²) in [5.74, 6) is 0. The molecule has 0 aliphatic heterocycles. The molecule has 14 heteroatoms. The molecule has 34 heavy (non-hydrogen) atoms. The van der Waals surface area contributed by atoms with Gasteiger partial charge in [-0.25, -0.2) is 0 Å². The van der Waals surface area contributed by atoms with Crippen molar-refractivity contribution in [3.8, 4) is 12.1 Å². The first-order valence-corrected chi connectivity index (χ1v) is 9.63. The van der Waals surface area contributed by atoms with E-state index < -0.39 is 20.7 Å². The third-order valence-corrected chi connectivity index (χ3v) is 5.11. The van der Waals surface area contributed by atoms with Crippen LogP contribution in [0.15, 0.2) is 46.2 Å². The lowest BCUT2D eigenvalue weighted by Crippen LogP contribution is -2.07. The van der Waals surface area contributed by atoms with Crippen molar-refractivity contribution < 1.29 is 9.85 Å². The molecule has 0 bridgehead atoms. The van der Waals surface area contributed by atoms with Crippen LogP contribution < -0.4 is 10.9 Å². The zero-order valence-corrected chi connectivity index (χ0v) is 18.0. The molecular weight excluding hydrogens is 491 g/mol. The molecule has 0 unspecified atom stereocenters. The highest BCUT2D eigenvalue weighted by Gasteiger charge is 2.15. The van der Waals surface area contributed by atoms with Crippen LogP contribution in [-0.2, 0) is 0 Å². The molecule has 0 radical (unpaired) electrons. The van der Waals surface area contributed by atoms with Crippen LogP contribution in [0.2, 0.25) is 10.0 Å². The van der Waals surface area contributed by atoms with Crippen molar-refractivity contribution in [3.63, 3.8) is 0 Å². The highest BCUT2D eigenvalue weighted by molar-refractivity contribution is 6.35. The van der Waals surface area contributed by atoms with Crippen molar-refractivity contribution in [1.29, 1.82) is 10.5 Å². The SMILES string of the molecule is N#Cc1c[nH]c2c(Cl)cc([N+](=O)[O-])cc2c1=O.N#Cc1c[nH]c2c(Cl)cc([N+](=O)[O-])cc2c1=O. The maximum Gasteiger partial charge on any atom is 0.271 e. The number of benzene rings is 2. The maximum atomic E-state index is 11.8. The molecular formula is C20H8Cl2N6O6. The summed E-state index contributed by atoms with van der Waals surface area (Å²) in [6.07, 6.45) is 2.45. The topological polar surface area (TPSA) is 200 Å². The van der Waals surface area contributed by atoms with E-state index in [0.717, 1.165) is 24.3 Å². The lowest BCUT2D eigenvalue weighted by Gasteiger charge is -2.00. The van der Waals surface area contributed by atoms with Crippen molar-refractivity contribution >= 4 is 56.4 Å². The first kappa shape index (κ1) is 23.9. The summed E-state index contributed by atoms with van der Waals surface area (Å²) in [5, 5.41) is 38.8. The predicted octanol–water partition coefficient (Wildman–Crippen LogP) is 3.92. The highest BCUT2D eigenvalue weighted by atomic mass is 35.5. The number of rotatable bonds is 2. The number of halogens is 2. The van der Waals surface area contributed by atoms with E-state index in [1.165, 1.54) is 12.4 Å². The number of hydrogen-bond acceptors (Lipinski definition) is 8. The standard InChI is InChI=1S/2C10H4ClN3O3/c2*11-8-2-6(14(16)17)1-7-9(8)13-4-5(3-12)10(7)15/h2*1-2,4H,(H,13,15). The Kier molecular flexibility index (Phi) is 6.58. The van der Waals surface area contributed by atoms with Crippen LogP contribution in [0.3, 0.4) is 0 Å². The van der Waals surface area contributed by atoms with Gasteiger partial charge >= 0.3 is 0 Å². The van der Waals surface area contributed by atoms with Gasteiger partial charge in [-0.1, -0.05) is 23.2 Å². The molecule has 2 N–H and O–H groups in total. The number of hydrogen-bond donors (Lipinski definition) is 2. The van der Waals surface area contributed by atoms with Crippen molar-refractivity contribution in [2.24, 2.45) is 0 Å². The second-order valence-corrected chi connectivity index (χ2v) is 7.32. The number of nitro benzene ring substituents is 2. The Hall–Kier alpha value is -4.78. The van der Waals surface area contributed by atoms with E-state index in [2.05, 4.69) is 9.97 Å². The van der Waals surface area contributed by atoms with Gasteiger partial charge in [-0.05, 0) is 0 Å². The summed E-state index contributed by atoms with van der Waals surface area (Å²) >= 11 is 11.6. The molecule has 2 heterocycles. The van der Waals surface area contributed by atoms with Gasteiger partial charge in [0, 0.05) is 36.7 Å². The Morgan fingerprint density at radius 1 is 0.735 bits per heavy atom. The summed E-state index contributed by atoms with van der Waals surface area (Å²) < 4.78 is 0. The van der Waals surface area contributed by atoms with Crippen LogP contribution in [0.5, 0.6) is 0 Å². The average Bonchev–Trinajstić information content (AvgIpc) is 2.80. The lowest BCUT2D eigenvalue weighted by atomic mass is 10.1. The zero-order chi connectivity index (χ0) is 25.2. The third kappa shape index (κ3) is 4.40. The van der Waals surface area contributed by atoms with E-state index in [0.29, 0.717) is 0 Å². The Bertz CT molecular complexity index is 1590. The van der Waals surface area contributed by atoms with Gasteiger partial charge in [0.15, 0.2) is 0 Å². The number of non-ortho nitro benzene ring substituents is 2. The van der Waals surface area contributed by atoms with Crippen molar-refractivity contribution in [3.05, 3.63) is 98.5 Å². The van der Waals surface area contributed by atoms with Crippen molar-refractivity contribution in [1.82, 2.24) is 9.97 Å². The first-order valence-electron chi connectivity index (χ1n) is 8.88. The number of H-pyrrole nitrogens is 2. The molecule has 0 spiro atoms. The molecule has 0 saturated carbocycles. The predicted molar refractivity (Wildman–Crippen MR) is 122 cm³/mol. The van der Waals surface area contributed by atoms with Gasteiger partial charge in [-0.15, -0.1) is 0 Å². The normalized spacial score (nSPS) is 10.1. The van der Waals surface area contributed by atoms with E-state index in [4.69, 9.17) is 33.7 Å². The molecule has 0 saturated heterocycles. The average molecular weight is 499 g/mol. The molecule has 0 fully saturated rings. The number of pyridine rings is 2. The minimum atomic E-state index is -0.649. The second kappa shape index (κ2) is 9.38. The number of aromatic amines is 2. The summed E-state index contributed by atoms with van der Waals surface area (Å²) in [6.45, 7) is 0. The van der Waals surface area contributed by atoms with Crippen LogP contribution in [0, 0.1) is 42.9 Å².